The minimum absolute atomic E-state index is 0.559. The number of hydrogen-bond donors (Lipinski definition) is 1. The summed E-state index contributed by atoms with van der Waals surface area (Å²) < 4.78 is 0. The van der Waals surface area contributed by atoms with Crippen molar-refractivity contribution in [2.24, 2.45) is 0 Å². The standard InChI is InChI=1S/C14H22ClN3/c1-11-4-5-12(8-14(11)15)18(3)10-13-9-16-6-7-17(13)2/h4-5,8,13,16H,6-7,9-10H2,1-3H3. The summed E-state index contributed by atoms with van der Waals surface area (Å²) in [6.45, 7) is 6.31. The van der Waals surface area contributed by atoms with Gasteiger partial charge in [0.1, 0.15) is 0 Å². The number of piperazine rings is 1. The van der Waals surface area contributed by atoms with Gasteiger partial charge in [-0.3, -0.25) is 4.90 Å². The molecule has 4 heteroatoms. The van der Waals surface area contributed by atoms with Gasteiger partial charge in [0, 0.05) is 50.0 Å². The number of rotatable bonds is 3. The van der Waals surface area contributed by atoms with Gasteiger partial charge >= 0.3 is 0 Å². The molecule has 1 aromatic rings. The number of halogens is 1. The Morgan fingerprint density at radius 1 is 1.50 bits per heavy atom. The van der Waals surface area contributed by atoms with E-state index in [1.807, 2.05) is 13.0 Å². The Labute approximate surface area is 115 Å². The molecule has 0 amide bonds. The zero-order valence-electron chi connectivity index (χ0n) is 11.4. The predicted octanol–water partition coefficient (Wildman–Crippen LogP) is 1.99. The van der Waals surface area contributed by atoms with Crippen LogP contribution >= 0.6 is 11.6 Å². The second-order valence-electron chi connectivity index (χ2n) is 5.15. The fourth-order valence-corrected chi connectivity index (χ4v) is 2.48. The van der Waals surface area contributed by atoms with E-state index in [4.69, 9.17) is 11.6 Å². The monoisotopic (exact) mass is 267 g/mol. The summed E-state index contributed by atoms with van der Waals surface area (Å²) in [5, 5.41) is 4.29. The van der Waals surface area contributed by atoms with Gasteiger partial charge in [-0.1, -0.05) is 17.7 Å². The molecule has 0 aromatic heterocycles. The molecule has 1 N–H and O–H groups in total. The SMILES string of the molecule is Cc1ccc(N(C)CC2CNCCN2C)cc1Cl. The molecule has 3 nitrogen and oxygen atoms in total. The lowest BCUT2D eigenvalue weighted by atomic mass is 10.1. The molecule has 1 aromatic carbocycles. The summed E-state index contributed by atoms with van der Waals surface area (Å²) in [6.07, 6.45) is 0. The third-order valence-electron chi connectivity index (χ3n) is 3.73. The smallest absolute Gasteiger partial charge is 0.0455 e. The van der Waals surface area contributed by atoms with Gasteiger partial charge in [0.15, 0.2) is 0 Å². The fraction of sp³-hybridized carbons (Fsp3) is 0.571. The molecule has 0 saturated carbocycles. The van der Waals surface area contributed by atoms with Crippen molar-refractivity contribution >= 4 is 17.3 Å². The van der Waals surface area contributed by atoms with Crippen molar-refractivity contribution in [1.29, 1.82) is 0 Å². The Hall–Kier alpha value is -0.770. The van der Waals surface area contributed by atoms with Crippen LogP contribution in [0, 0.1) is 6.92 Å². The second kappa shape index (κ2) is 5.91. The van der Waals surface area contributed by atoms with Crippen LogP contribution in [-0.2, 0) is 0 Å². The first-order valence-corrected chi connectivity index (χ1v) is 6.84. The summed E-state index contributed by atoms with van der Waals surface area (Å²) in [4.78, 5) is 4.70. The molecule has 0 radical (unpaired) electrons. The first-order chi connectivity index (χ1) is 8.58. The van der Waals surface area contributed by atoms with E-state index in [9.17, 15) is 0 Å². The average Bonchev–Trinajstić information content (AvgIpc) is 2.35. The molecular weight excluding hydrogens is 246 g/mol. The maximum Gasteiger partial charge on any atom is 0.0455 e. The van der Waals surface area contributed by atoms with Crippen LogP contribution in [0.1, 0.15) is 5.56 Å². The lowest BCUT2D eigenvalue weighted by Gasteiger charge is -2.36. The van der Waals surface area contributed by atoms with Crippen LogP contribution in [0.2, 0.25) is 5.02 Å². The van der Waals surface area contributed by atoms with Crippen LogP contribution < -0.4 is 10.2 Å². The van der Waals surface area contributed by atoms with Gasteiger partial charge in [0.2, 0.25) is 0 Å². The second-order valence-corrected chi connectivity index (χ2v) is 5.56. The summed E-state index contributed by atoms with van der Waals surface area (Å²) in [5.41, 5.74) is 2.31. The van der Waals surface area contributed by atoms with Gasteiger partial charge in [0.05, 0.1) is 0 Å². The molecule has 100 valence electrons. The highest BCUT2D eigenvalue weighted by Gasteiger charge is 2.20. The van der Waals surface area contributed by atoms with Crippen LogP contribution in [-0.4, -0.2) is 51.2 Å². The molecule has 1 unspecified atom stereocenters. The molecule has 1 aliphatic heterocycles. The van der Waals surface area contributed by atoms with E-state index in [2.05, 4.69) is 41.3 Å². The van der Waals surface area contributed by atoms with Crippen molar-refractivity contribution in [2.75, 3.05) is 45.2 Å². The topological polar surface area (TPSA) is 18.5 Å². The van der Waals surface area contributed by atoms with E-state index in [0.29, 0.717) is 6.04 Å². The fourth-order valence-electron chi connectivity index (χ4n) is 2.31. The Morgan fingerprint density at radius 3 is 2.94 bits per heavy atom. The van der Waals surface area contributed by atoms with E-state index >= 15 is 0 Å². The first kappa shape index (κ1) is 13.7. The quantitative estimate of drug-likeness (QED) is 0.904. The van der Waals surface area contributed by atoms with E-state index < -0.39 is 0 Å². The van der Waals surface area contributed by atoms with Gasteiger partial charge in [-0.05, 0) is 31.7 Å². The minimum atomic E-state index is 0.559. The molecule has 1 aliphatic rings. The van der Waals surface area contributed by atoms with Crippen molar-refractivity contribution in [3.8, 4) is 0 Å². The Balaban J connectivity index is 2.02. The van der Waals surface area contributed by atoms with E-state index in [0.717, 1.165) is 36.8 Å². The van der Waals surface area contributed by atoms with Crippen molar-refractivity contribution in [2.45, 2.75) is 13.0 Å². The number of benzene rings is 1. The zero-order chi connectivity index (χ0) is 13.1. The van der Waals surface area contributed by atoms with Crippen molar-refractivity contribution in [1.82, 2.24) is 10.2 Å². The molecule has 1 atom stereocenters. The summed E-state index contributed by atoms with van der Waals surface area (Å²) >= 11 is 6.18. The molecular formula is C14H22ClN3. The summed E-state index contributed by atoms with van der Waals surface area (Å²) in [5.74, 6) is 0. The predicted molar refractivity (Wildman–Crippen MR) is 78.7 cm³/mol. The minimum Gasteiger partial charge on any atom is -0.373 e. The van der Waals surface area contributed by atoms with Gasteiger partial charge in [0.25, 0.3) is 0 Å². The molecule has 1 saturated heterocycles. The van der Waals surface area contributed by atoms with Gasteiger partial charge in [-0.15, -0.1) is 0 Å². The van der Waals surface area contributed by atoms with Crippen LogP contribution in [0.4, 0.5) is 5.69 Å². The summed E-state index contributed by atoms with van der Waals surface area (Å²) in [6, 6.07) is 6.82. The third kappa shape index (κ3) is 3.16. The zero-order valence-corrected chi connectivity index (χ0v) is 12.2. The lowest BCUT2D eigenvalue weighted by Crippen LogP contribution is -2.53. The highest BCUT2D eigenvalue weighted by atomic mass is 35.5. The van der Waals surface area contributed by atoms with E-state index in [1.54, 1.807) is 0 Å². The number of aryl methyl sites for hydroxylation is 1. The number of nitrogens with zero attached hydrogens (tertiary/aromatic N) is 2. The highest BCUT2D eigenvalue weighted by molar-refractivity contribution is 6.31. The van der Waals surface area contributed by atoms with Crippen LogP contribution in [0.15, 0.2) is 18.2 Å². The number of likely N-dealkylation sites (N-methyl/N-ethyl adjacent to an activating group) is 2. The number of anilines is 1. The van der Waals surface area contributed by atoms with Crippen LogP contribution in [0.3, 0.4) is 0 Å². The maximum atomic E-state index is 6.18. The number of hydrogen-bond acceptors (Lipinski definition) is 3. The van der Waals surface area contributed by atoms with E-state index in [1.165, 1.54) is 5.69 Å². The Morgan fingerprint density at radius 2 is 2.28 bits per heavy atom. The third-order valence-corrected chi connectivity index (χ3v) is 4.13. The molecule has 0 spiro atoms. The van der Waals surface area contributed by atoms with Gasteiger partial charge in [-0.2, -0.15) is 0 Å². The van der Waals surface area contributed by atoms with Crippen molar-refractivity contribution in [3.05, 3.63) is 28.8 Å². The normalized spacial score (nSPS) is 21.0. The van der Waals surface area contributed by atoms with Crippen LogP contribution in [0.25, 0.3) is 0 Å². The Bertz CT molecular complexity index is 408. The summed E-state index contributed by atoms with van der Waals surface area (Å²) in [7, 11) is 4.32. The Kier molecular flexibility index (Phi) is 4.49. The molecule has 18 heavy (non-hydrogen) atoms. The van der Waals surface area contributed by atoms with Crippen molar-refractivity contribution < 1.29 is 0 Å². The molecule has 2 rings (SSSR count). The molecule has 0 bridgehead atoms. The largest absolute Gasteiger partial charge is 0.373 e. The number of nitrogens with one attached hydrogen (secondary N) is 1. The van der Waals surface area contributed by atoms with Crippen LogP contribution in [0.5, 0.6) is 0 Å². The molecule has 1 heterocycles. The van der Waals surface area contributed by atoms with Gasteiger partial charge in [-0.25, -0.2) is 0 Å². The highest BCUT2D eigenvalue weighted by Crippen LogP contribution is 2.22. The lowest BCUT2D eigenvalue weighted by molar-refractivity contribution is 0.204. The van der Waals surface area contributed by atoms with Gasteiger partial charge < -0.3 is 10.2 Å². The first-order valence-electron chi connectivity index (χ1n) is 6.46. The molecule has 1 fully saturated rings. The van der Waals surface area contributed by atoms with Crippen molar-refractivity contribution in [3.63, 3.8) is 0 Å². The maximum absolute atomic E-state index is 6.18. The molecule has 0 aliphatic carbocycles. The average molecular weight is 268 g/mol. The van der Waals surface area contributed by atoms with E-state index in [-0.39, 0.29) is 0 Å².